The maximum atomic E-state index is 3.96. The van der Waals surface area contributed by atoms with Crippen molar-refractivity contribution < 1.29 is 0 Å². The van der Waals surface area contributed by atoms with Crippen molar-refractivity contribution in [2.75, 3.05) is 0 Å². The normalized spacial score (nSPS) is 9.60. The van der Waals surface area contributed by atoms with Crippen molar-refractivity contribution in [2.45, 2.75) is 20.8 Å². The van der Waals surface area contributed by atoms with Gasteiger partial charge in [0.05, 0.1) is 0 Å². The average molecular weight is 245 g/mol. The van der Waals surface area contributed by atoms with Crippen LogP contribution in [0, 0.1) is 0 Å². The fourth-order valence-corrected chi connectivity index (χ4v) is 6.56. The number of hydrogen-bond acceptors (Lipinski definition) is 0. The molecule has 1 heteroatoms. The van der Waals surface area contributed by atoms with Gasteiger partial charge < -0.3 is 0 Å². The molecule has 0 saturated carbocycles. The summed E-state index contributed by atoms with van der Waals surface area (Å²) < 4.78 is 3.93. The first-order valence-corrected chi connectivity index (χ1v) is 7.06. The number of allylic oxidation sites excluding steroid dienone is 3. The molecule has 0 aromatic rings. The van der Waals surface area contributed by atoms with Gasteiger partial charge in [-0.2, -0.15) is 0 Å². The summed E-state index contributed by atoms with van der Waals surface area (Å²) in [5.74, 6) is 0. The molecule has 0 atom stereocenters. The molecule has 0 nitrogen and oxygen atoms in total. The molecule has 0 unspecified atom stereocenters. The summed E-state index contributed by atoms with van der Waals surface area (Å²) in [5, 5.41) is 0. The van der Waals surface area contributed by atoms with Gasteiger partial charge in [-0.3, -0.25) is 0 Å². The minimum absolute atomic E-state index is 1.31. The van der Waals surface area contributed by atoms with E-state index in [9.17, 15) is 0 Å². The number of rotatable bonds is 3. The van der Waals surface area contributed by atoms with Gasteiger partial charge in [0.1, 0.15) is 0 Å². The molecule has 0 aromatic carbocycles. The van der Waals surface area contributed by atoms with Crippen molar-refractivity contribution >= 4 is 20.2 Å². The Morgan fingerprint density at radius 3 is 1.00 bits per heavy atom. The quantitative estimate of drug-likeness (QED) is 0.670. The van der Waals surface area contributed by atoms with E-state index < -0.39 is 20.2 Å². The van der Waals surface area contributed by atoms with E-state index in [4.69, 9.17) is 0 Å². The van der Waals surface area contributed by atoms with Crippen molar-refractivity contribution in [2.24, 2.45) is 0 Å². The summed E-state index contributed by atoms with van der Waals surface area (Å²) in [4.78, 5) is 0. The standard InChI is InChI=1S/3C3H5.Sb/c3*1-3-2;/h3*1H2,2H3;/q;;;-1. The molecule has 0 amide bonds. The van der Waals surface area contributed by atoms with Gasteiger partial charge in [0.15, 0.2) is 0 Å². The Hall–Kier alpha value is 0.0382. The maximum absolute atomic E-state index is 3.96. The predicted octanol–water partition coefficient (Wildman–Crippen LogP) is 2.83. The van der Waals surface area contributed by atoms with E-state index in [0.29, 0.717) is 0 Å². The van der Waals surface area contributed by atoms with Gasteiger partial charge in [-0.1, -0.05) is 0 Å². The molecule has 0 spiro atoms. The summed E-state index contributed by atoms with van der Waals surface area (Å²) in [6.45, 7) is 18.1. The zero-order chi connectivity index (χ0) is 8.31. The van der Waals surface area contributed by atoms with E-state index in [1.165, 1.54) is 10.6 Å². The minimum atomic E-state index is -1.47. The van der Waals surface area contributed by atoms with Gasteiger partial charge in [0.2, 0.25) is 0 Å². The Morgan fingerprint density at radius 2 is 1.00 bits per heavy atom. The van der Waals surface area contributed by atoms with Crippen LogP contribution in [0.1, 0.15) is 20.8 Å². The van der Waals surface area contributed by atoms with E-state index in [0.717, 1.165) is 0 Å². The van der Waals surface area contributed by atoms with E-state index in [2.05, 4.69) is 40.5 Å². The number of hydrogen-bond donors (Lipinski definition) is 0. The first-order chi connectivity index (χ1) is 4.46. The summed E-state index contributed by atoms with van der Waals surface area (Å²) in [6, 6.07) is 0. The molecule has 0 saturated heterocycles. The van der Waals surface area contributed by atoms with E-state index in [1.54, 1.807) is 0 Å². The molecule has 0 N–H and O–H groups in total. The molecule has 1 radical (unpaired) electrons. The first kappa shape index (κ1) is 10.0. The molecule has 0 heterocycles. The molecule has 0 aromatic heterocycles. The van der Waals surface area contributed by atoms with Crippen molar-refractivity contribution in [3.8, 4) is 0 Å². The molecule has 0 fully saturated rings. The van der Waals surface area contributed by atoms with Gasteiger partial charge in [0, 0.05) is 0 Å². The topological polar surface area (TPSA) is 0 Å². The van der Waals surface area contributed by atoms with Gasteiger partial charge in [-0.25, -0.2) is 0 Å². The molecule has 10 heavy (non-hydrogen) atoms. The van der Waals surface area contributed by atoms with Crippen LogP contribution in [0.3, 0.4) is 0 Å². The second-order valence-electron chi connectivity index (χ2n) is 2.54. The fourth-order valence-electron chi connectivity index (χ4n) is 0.977. The average Bonchev–Trinajstić information content (AvgIpc) is 1.59. The summed E-state index contributed by atoms with van der Waals surface area (Å²) in [6.07, 6.45) is 0. The molecular weight excluding hydrogens is 230 g/mol. The Kier molecular flexibility index (Phi) is 4.05. The monoisotopic (exact) mass is 244 g/mol. The van der Waals surface area contributed by atoms with Crippen LogP contribution in [0.5, 0.6) is 0 Å². The van der Waals surface area contributed by atoms with Gasteiger partial charge in [-0.05, 0) is 0 Å². The van der Waals surface area contributed by atoms with E-state index in [1.807, 2.05) is 0 Å². The second-order valence-corrected chi connectivity index (χ2v) is 11.0. The van der Waals surface area contributed by atoms with Crippen molar-refractivity contribution in [1.29, 1.82) is 0 Å². The molecule has 57 valence electrons. The summed E-state index contributed by atoms with van der Waals surface area (Å²) in [7, 11) is 0. The van der Waals surface area contributed by atoms with Crippen LogP contribution < -0.4 is 0 Å². The van der Waals surface area contributed by atoms with Crippen LogP contribution in [0.4, 0.5) is 0 Å². The molecule has 0 aliphatic carbocycles. The fraction of sp³-hybridized carbons (Fsp3) is 0.333. The zero-order valence-corrected chi connectivity index (χ0v) is 9.62. The summed E-state index contributed by atoms with van der Waals surface area (Å²) >= 11 is -1.47. The van der Waals surface area contributed by atoms with Crippen LogP contribution in [-0.2, 0) is 0 Å². The Morgan fingerprint density at radius 1 is 0.800 bits per heavy atom. The van der Waals surface area contributed by atoms with E-state index in [-0.39, 0.29) is 0 Å². The van der Waals surface area contributed by atoms with Gasteiger partial charge >= 0.3 is 71.3 Å². The third-order valence-electron chi connectivity index (χ3n) is 1.15. The molecule has 0 rings (SSSR count). The van der Waals surface area contributed by atoms with Crippen LogP contribution in [-0.4, -0.2) is 20.2 Å². The molecule has 0 aliphatic heterocycles. The van der Waals surface area contributed by atoms with Crippen LogP contribution in [0.15, 0.2) is 30.3 Å². The van der Waals surface area contributed by atoms with Crippen molar-refractivity contribution in [1.82, 2.24) is 0 Å². The van der Waals surface area contributed by atoms with Crippen LogP contribution in [0.25, 0.3) is 0 Å². The molecular formula is C9H15Sb-. The van der Waals surface area contributed by atoms with E-state index >= 15 is 0 Å². The Bertz CT molecular complexity index is 144. The van der Waals surface area contributed by atoms with Crippen molar-refractivity contribution in [3.63, 3.8) is 0 Å². The van der Waals surface area contributed by atoms with Crippen LogP contribution >= 0.6 is 0 Å². The zero-order valence-electron chi connectivity index (χ0n) is 7.07. The third-order valence-corrected chi connectivity index (χ3v) is 7.68. The predicted molar refractivity (Wildman–Crippen MR) is 50.2 cm³/mol. The summed E-state index contributed by atoms with van der Waals surface area (Å²) in [5.41, 5.74) is 0. The SMILES string of the molecule is C=[C](C)[Sb-]([C](=C)C)[C](=C)C. The Labute approximate surface area is 71.3 Å². The van der Waals surface area contributed by atoms with Gasteiger partial charge in [-0.15, -0.1) is 0 Å². The van der Waals surface area contributed by atoms with Crippen LogP contribution in [0.2, 0.25) is 0 Å². The third kappa shape index (κ3) is 2.75. The Balaban J connectivity index is 4.43. The second kappa shape index (κ2) is 4.03. The molecule has 0 bridgehead atoms. The van der Waals surface area contributed by atoms with Crippen molar-refractivity contribution in [3.05, 3.63) is 30.3 Å². The first-order valence-electron chi connectivity index (χ1n) is 3.23. The molecule has 0 aliphatic rings. The van der Waals surface area contributed by atoms with Gasteiger partial charge in [0.25, 0.3) is 0 Å².